The smallest absolute Gasteiger partial charge is 0.0436 e. The van der Waals surface area contributed by atoms with Crippen LogP contribution in [0.2, 0.25) is 0 Å². The highest BCUT2D eigenvalue weighted by Crippen LogP contribution is 2.59. The third-order valence-corrected chi connectivity index (χ3v) is 13.3. The second kappa shape index (κ2) is 35.5. The van der Waals surface area contributed by atoms with Crippen LogP contribution in [0.4, 0.5) is 0 Å². The quantitative estimate of drug-likeness (QED) is 0.154. The van der Waals surface area contributed by atoms with Crippen molar-refractivity contribution in [1.29, 1.82) is 0 Å². The van der Waals surface area contributed by atoms with Gasteiger partial charge in [-0.15, -0.1) is 0 Å². The maximum absolute atomic E-state index is 10.5. The van der Waals surface area contributed by atoms with Crippen molar-refractivity contribution in [3.05, 3.63) is 0 Å². The van der Waals surface area contributed by atoms with E-state index in [1.54, 1.807) is 0 Å². The molecule has 1 aliphatic carbocycles. The number of hydrogen-bond acceptors (Lipinski definition) is 5. The van der Waals surface area contributed by atoms with Gasteiger partial charge in [0.15, 0.2) is 0 Å². The maximum atomic E-state index is 10.5. The van der Waals surface area contributed by atoms with Crippen LogP contribution >= 0.6 is 0 Å². The van der Waals surface area contributed by atoms with Gasteiger partial charge in [0.1, 0.15) is 0 Å². The monoisotopic (exact) mass is 725 g/mol. The Morgan fingerprint density at radius 1 is 0.294 bits per heavy atom. The summed E-state index contributed by atoms with van der Waals surface area (Å²) in [5.74, 6) is 0.150. The number of hydrogen-bond donors (Lipinski definition) is 5. The first kappa shape index (κ1) is 48.8. The molecule has 0 aromatic heterocycles. The van der Waals surface area contributed by atoms with Gasteiger partial charge in [0.05, 0.1) is 0 Å². The van der Waals surface area contributed by atoms with Crippen molar-refractivity contribution in [3.8, 4) is 0 Å². The van der Waals surface area contributed by atoms with E-state index in [9.17, 15) is 25.5 Å². The number of aliphatic hydroxyl groups excluding tert-OH is 5. The molecule has 1 rings (SSSR count). The molecule has 0 radical (unpaired) electrons. The molecule has 1 saturated carbocycles. The minimum absolute atomic E-state index is 0.0283. The average molecular weight is 725 g/mol. The predicted molar refractivity (Wildman–Crippen MR) is 219 cm³/mol. The molecule has 0 saturated heterocycles. The van der Waals surface area contributed by atoms with Crippen molar-refractivity contribution >= 4 is 0 Å². The summed E-state index contributed by atoms with van der Waals surface area (Å²) in [6.07, 6.45) is 46.7. The van der Waals surface area contributed by atoms with Crippen LogP contribution in [0.5, 0.6) is 0 Å². The van der Waals surface area contributed by atoms with E-state index in [1.807, 2.05) is 0 Å². The van der Waals surface area contributed by atoms with Gasteiger partial charge in [-0.3, -0.25) is 0 Å². The first-order valence-electron chi connectivity index (χ1n) is 23.2. The zero-order valence-electron chi connectivity index (χ0n) is 34.2. The second-order valence-corrected chi connectivity index (χ2v) is 17.0. The predicted octanol–water partition coefficient (Wildman–Crippen LogP) is 12.4. The molecular weight excluding hydrogens is 633 g/mol. The van der Waals surface area contributed by atoms with Gasteiger partial charge in [-0.2, -0.15) is 0 Å². The lowest BCUT2D eigenvalue weighted by molar-refractivity contribution is -0.100. The molecule has 0 aliphatic heterocycles. The van der Waals surface area contributed by atoms with Crippen LogP contribution in [0, 0.1) is 16.7 Å². The van der Waals surface area contributed by atoms with Gasteiger partial charge in [0.2, 0.25) is 0 Å². The molecule has 0 bridgehead atoms. The van der Waals surface area contributed by atoms with E-state index in [1.165, 1.54) is 180 Å². The van der Waals surface area contributed by atoms with Crippen LogP contribution in [0.3, 0.4) is 0 Å². The highest BCUT2D eigenvalue weighted by atomic mass is 16.3. The van der Waals surface area contributed by atoms with E-state index >= 15 is 0 Å². The van der Waals surface area contributed by atoms with Crippen LogP contribution in [-0.4, -0.2) is 58.6 Å². The Labute approximate surface area is 318 Å². The molecule has 5 nitrogen and oxygen atoms in total. The summed E-state index contributed by atoms with van der Waals surface area (Å²) in [6.45, 7) is 0.244. The van der Waals surface area contributed by atoms with Crippen molar-refractivity contribution in [2.24, 2.45) is 16.7 Å². The molecule has 5 N–H and O–H groups in total. The molecule has 306 valence electrons. The Kier molecular flexibility index (Phi) is 34.0. The SMILES string of the molecule is OCCC1CCCCCCCCCCCCCCCCCCCCCCCCCCCCCCCCCC(CCO)(CCO)C1(CCO)CCO. The van der Waals surface area contributed by atoms with E-state index in [-0.39, 0.29) is 44.4 Å². The largest absolute Gasteiger partial charge is 0.396 e. The standard InChI is InChI=1S/C46H92O5/c47-39-33-44-32-30-28-26-24-22-20-18-16-14-12-10-8-6-4-2-1-3-5-7-9-11-13-15-17-19-21-23-25-27-29-31-34-45(35-40-48,36-41-49)46(44,37-42-50)38-43-51/h44,47-51H,1-43H2. The summed E-state index contributed by atoms with van der Waals surface area (Å²) in [6, 6.07) is 0. The Bertz CT molecular complexity index is 687. The van der Waals surface area contributed by atoms with Gasteiger partial charge in [0, 0.05) is 33.0 Å². The van der Waals surface area contributed by atoms with Crippen molar-refractivity contribution < 1.29 is 25.5 Å². The summed E-state index contributed by atoms with van der Waals surface area (Å²) in [5, 5.41) is 52.1. The molecule has 51 heavy (non-hydrogen) atoms. The Morgan fingerprint density at radius 3 is 0.804 bits per heavy atom. The van der Waals surface area contributed by atoms with E-state index in [4.69, 9.17) is 0 Å². The molecular formula is C46H92O5. The summed E-state index contributed by atoms with van der Waals surface area (Å²) in [5.41, 5.74) is -0.780. The molecule has 1 fully saturated rings. The fourth-order valence-electron chi connectivity index (χ4n) is 10.3. The summed E-state index contributed by atoms with van der Waals surface area (Å²) in [4.78, 5) is 0. The van der Waals surface area contributed by atoms with Gasteiger partial charge < -0.3 is 25.5 Å². The first-order chi connectivity index (χ1) is 25.2. The number of rotatable bonds is 10. The van der Waals surface area contributed by atoms with E-state index in [0.29, 0.717) is 32.1 Å². The summed E-state index contributed by atoms with van der Waals surface area (Å²) < 4.78 is 0. The Hall–Kier alpha value is -0.200. The molecule has 1 atom stereocenters. The summed E-state index contributed by atoms with van der Waals surface area (Å²) in [7, 11) is 0. The highest BCUT2D eigenvalue weighted by molar-refractivity contribution is 5.02. The molecule has 0 spiro atoms. The molecule has 1 unspecified atom stereocenters. The maximum Gasteiger partial charge on any atom is 0.0436 e. The molecule has 0 aromatic carbocycles. The lowest BCUT2D eigenvalue weighted by atomic mass is 9.49. The lowest BCUT2D eigenvalue weighted by Crippen LogP contribution is -2.50. The van der Waals surface area contributed by atoms with Crippen LogP contribution in [0.25, 0.3) is 0 Å². The average Bonchev–Trinajstić information content (AvgIpc) is 3.12. The van der Waals surface area contributed by atoms with Gasteiger partial charge in [0.25, 0.3) is 0 Å². The minimum atomic E-state index is -0.416. The minimum Gasteiger partial charge on any atom is -0.396 e. The zero-order chi connectivity index (χ0) is 37.0. The molecule has 0 heterocycles. The summed E-state index contributed by atoms with van der Waals surface area (Å²) >= 11 is 0. The van der Waals surface area contributed by atoms with Crippen LogP contribution in [-0.2, 0) is 0 Å². The van der Waals surface area contributed by atoms with Gasteiger partial charge in [-0.1, -0.05) is 199 Å². The fraction of sp³-hybridized carbons (Fsp3) is 1.00. The molecule has 5 heteroatoms. The van der Waals surface area contributed by atoms with E-state index in [2.05, 4.69) is 0 Å². The Morgan fingerprint density at radius 2 is 0.549 bits per heavy atom. The van der Waals surface area contributed by atoms with Crippen molar-refractivity contribution in [1.82, 2.24) is 0 Å². The van der Waals surface area contributed by atoms with Crippen molar-refractivity contribution in [2.75, 3.05) is 33.0 Å². The van der Waals surface area contributed by atoms with Gasteiger partial charge >= 0.3 is 0 Å². The van der Waals surface area contributed by atoms with E-state index in [0.717, 1.165) is 32.1 Å². The number of aliphatic hydroxyl groups is 5. The first-order valence-corrected chi connectivity index (χ1v) is 23.2. The van der Waals surface area contributed by atoms with Gasteiger partial charge in [-0.05, 0) is 61.7 Å². The van der Waals surface area contributed by atoms with Crippen LogP contribution < -0.4 is 0 Å². The van der Waals surface area contributed by atoms with Crippen molar-refractivity contribution in [3.63, 3.8) is 0 Å². The fourth-order valence-corrected chi connectivity index (χ4v) is 10.3. The molecule has 0 amide bonds. The van der Waals surface area contributed by atoms with Crippen LogP contribution in [0.15, 0.2) is 0 Å². The zero-order valence-corrected chi connectivity index (χ0v) is 34.2. The third kappa shape index (κ3) is 22.7. The van der Waals surface area contributed by atoms with Crippen LogP contribution in [0.1, 0.15) is 244 Å². The lowest BCUT2D eigenvalue weighted by Gasteiger charge is -2.56. The topological polar surface area (TPSA) is 101 Å². The normalized spacial score (nSPS) is 24.1. The van der Waals surface area contributed by atoms with Gasteiger partial charge in [-0.25, -0.2) is 0 Å². The van der Waals surface area contributed by atoms with E-state index < -0.39 is 5.41 Å². The second-order valence-electron chi connectivity index (χ2n) is 17.0. The molecule has 1 aliphatic rings. The third-order valence-electron chi connectivity index (χ3n) is 13.3. The highest BCUT2D eigenvalue weighted by Gasteiger charge is 2.52. The Balaban J connectivity index is 2.81. The molecule has 0 aromatic rings. The van der Waals surface area contributed by atoms with Crippen molar-refractivity contribution in [2.45, 2.75) is 244 Å².